The first-order chi connectivity index (χ1) is 9.25. The molecule has 1 aliphatic rings. The third-order valence-electron chi connectivity index (χ3n) is 2.96. The van der Waals surface area contributed by atoms with Crippen LogP contribution in [-0.2, 0) is 16.0 Å². The molecule has 0 aliphatic carbocycles. The van der Waals surface area contributed by atoms with Gasteiger partial charge in [-0.3, -0.25) is 4.79 Å². The summed E-state index contributed by atoms with van der Waals surface area (Å²) in [6.45, 7) is 2.64. The van der Waals surface area contributed by atoms with E-state index in [1.807, 2.05) is 25.1 Å². The van der Waals surface area contributed by atoms with Gasteiger partial charge in [0.15, 0.2) is 5.76 Å². The fourth-order valence-electron chi connectivity index (χ4n) is 1.88. The second kappa shape index (κ2) is 7.24. The van der Waals surface area contributed by atoms with Crippen LogP contribution in [0.5, 0.6) is 0 Å². The maximum atomic E-state index is 11.9. The number of nitrogens with one attached hydrogen (secondary N) is 1. The number of carbonyl (C=O) groups excluding carboxylic acids is 1. The molecule has 19 heavy (non-hydrogen) atoms. The number of rotatable bonds is 5. The largest absolute Gasteiger partial charge is 0.487 e. The van der Waals surface area contributed by atoms with Crippen LogP contribution in [0.2, 0.25) is 0 Å². The molecule has 1 atom stereocenters. The molecule has 4 heteroatoms. The molecule has 1 aliphatic heterocycles. The molecule has 0 fully saturated rings. The van der Waals surface area contributed by atoms with Crippen molar-refractivity contribution in [3.8, 4) is 0 Å². The molecular formula is C15H19NO2S. The first-order valence-electron chi connectivity index (χ1n) is 6.55. The molecule has 0 saturated carbocycles. The van der Waals surface area contributed by atoms with Crippen molar-refractivity contribution in [2.24, 2.45) is 0 Å². The SMILES string of the molecule is CC(CCc1ccccc1)NC(=O)C1=CSCCO1. The average molecular weight is 277 g/mol. The van der Waals surface area contributed by atoms with E-state index in [9.17, 15) is 4.79 Å². The summed E-state index contributed by atoms with van der Waals surface area (Å²) < 4.78 is 5.33. The van der Waals surface area contributed by atoms with Crippen LogP contribution in [-0.4, -0.2) is 24.3 Å². The van der Waals surface area contributed by atoms with Crippen LogP contribution in [0.25, 0.3) is 0 Å². The number of amides is 1. The van der Waals surface area contributed by atoms with Gasteiger partial charge in [-0.25, -0.2) is 0 Å². The topological polar surface area (TPSA) is 38.3 Å². The molecule has 0 bridgehead atoms. The number of carbonyl (C=O) groups is 1. The maximum Gasteiger partial charge on any atom is 0.287 e. The van der Waals surface area contributed by atoms with Crippen molar-refractivity contribution in [3.63, 3.8) is 0 Å². The van der Waals surface area contributed by atoms with E-state index < -0.39 is 0 Å². The predicted molar refractivity (Wildman–Crippen MR) is 78.9 cm³/mol. The zero-order chi connectivity index (χ0) is 13.5. The molecule has 0 radical (unpaired) electrons. The predicted octanol–water partition coefficient (Wildman–Crippen LogP) is 2.73. The van der Waals surface area contributed by atoms with Gasteiger partial charge in [-0.2, -0.15) is 0 Å². The molecule has 3 nitrogen and oxygen atoms in total. The van der Waals surface area contributed by atoms with Gasteiger partial charge in [-0.1, -0.05) is 30.3 Å². The standard InChI is InChI=1S/C15H19NO2S/c1-12(7-8-13-5-3-2-4-6-13)16-15(17)14-11-19-10-9-18-14/h2-6,11-12H,7-10H2,1H3,(H,16,17). The number of hydrogen-bond acceptors (Lipinski definition) is 3. The molecule has 102 valence electrons. The second-order valence-corrected chi connectivity index (χ2v) is 5.58. The van der Waals surface area contributed by atoms with Gasteiger partial charge in [0.25, 0.3) is 5.91 Å². The minimum Gasteiger partial charge on any atom is -0.487 e. The molecule has 0 spiro atoms. The van der Waals surface area contributed by atoms with E-state index in [0.29, 0.717) is 12.4 Å². The van der Waals surface area contributed by atoms with Gasteiger partial charge in [0.1, 0.15) is 0 Å². The third-order valence-corrected chi connectivity index (χ3v) is 3.74. The fraction of sp³-hybridized carbons (Fsp3) is 0.400. The van der Waals surface area contributed by atoms with E-state index in [1.54, 1.807) is 17.2 Å². The Balaban J connectivity index is 1.76. The van der Waals surface area contributed by atoms with Gasteiger partial charge >= 0.3 is 0 Å². The first-order valence-corrected chi connectivity index (χ1v) is 7.60. The molecule has 1 heterocycles. The highest BCUT2D eigenvalue weighted by atomic mass is 32.2. The van der Waals surface area contributed by atoms with Crippen molar-refractivity contribution >= 4 is 17.7 Å². The van der Waals surface area contributed by atoms with Crippen LogP contribution in [0.1, 0.15) is 18.9 Å². The maximum absolute atomic E-state index is 11.9. The summed E-state index contributed by atoms with van der Waals surface area (Å²) in [5, 5.41) is 4.77. The van der Waals surface area contributed by atoms with Crippen LogP contribution in [0, 0.1) is 0 Å². The second-order valence-electron chi connectivity index (χ2n) is 4.60. The van der Waals surface area contributed by atoms with E-state index in [2.05, 4.69) is 17.4 Å². The van der Waals surface area contributed by atoms with Crippen molar-refractivity contribution in [3.05, 3.63) is 47.1 Å². The summed E-state index contributed by atoms with van der Waals surface area (Å²) in [6.07, 6.45) is 1.90. The Kier molecular flexibility index (Phi) is 5.33. The molecule has 1 aromatic rings. The van der Waals surface area contributed by atoms with Crippen LogP contribution < -0.4 is 5.32 Å². The van der Waals surface area contributed by atoms with Crippen LogP contribution >= 0.6 is 11.8 Å². The minimum atomic E-state index is -0.104. The van der Waals surface area contributed by atoms with Gasteiger partial charge in [-0.05, 0) is 25.3 Å². The zero-order valence-corrected chi connectivity index (χ0v) is 11.9. The van der Waals surface area contributed by atoms with Crippen LogP contribution in [0.3, 0.4) is 0 Å². The highest BCUT2D eigenvalue weighted by Gasteiger charge is 2.16. The lowest BCUT2D eigenvalue weighted by Crippen LogP contribution is -2.35. The molecule has 2 rings (SSSR count). The molecule has 0 saturated heterocycles. The molecule has 1 N–H and O–H groups in total. The summed E-state index contributed by atoms with van der Waals surface area (Å²) in [7, 11) is 0. The number of benzene rings is 1. The van der Waals surface area contributed by atoms with E-state index >= 15 is 0 Å². The zero-order valence-electron chi connectivity index (χ0n) is 11.1. The average Bonchev–Trinajstić information content (AvgIpc) is 2.47. The van der Waals surface area contributed by atoms with Crippen LogP contribution in [0.4, 0.5) is 0 Å². The lowest BCUT2D eigenvalue weighted by atomic mass is 10.1. The summed E-state index contributed by atoms with van der Waals surface area (Å²) in [5.74, 6) is 1.26. The number of ether oxygens (including phenoxy) is 1. The Morgan fingerprint density at radius 1 is 1.42 bits per heavy atom. The van der Waals surface area contributed by atoms with E-state index in [1.165, 1.54) is 5.56 Å². The lowest BCUT2D eigenvalue weighted by molar-refractivity contribution is -0.121. The van der Waals surface area contributed by atoms with E-state index in [0.717, 1.165) is 18.6 Å². The highest BCUT2D eigenvalue weighted by molar-refractivity contribution is 8.02. The number of thioether (sulfide) groups is 1. The summed E-state index contributed by atoms with van der Waals surface area (Å²) >= 11 is 1.62. The molecule has 1 aromatic carbocycles. The van der Waals surface area contributed by atoms with E-state index in [-0.39, 0.29) is 11.9 Å². The monoisotopic (exact) mass is 277 g/mol. The van der Waals surface area contributed by atoms with Crippen molar-refractivity contribution < 1.29 is 9.53 Å². The summed E-state index contributed by atoms with van der Waals surface area (Å²) in [6, 6.07) is 10.5. The lowest BCUT2D eigenvalue weighted by Gasteiger charge is -2.17. The number of aryl methyl sites for hydroxylation is 1. The smallest absolute Gasteiger partial charge is 0.287 e. The summed E-state index contributed by atoms with van der Waals surface area (Å²) in [4.78, 5) is 11.9. The van der Waals surface area contributed by atoms with Crippen molar-refractivity contribution in [2.75, 3.05) is 12.4 Å². The molecular weight excluding hydrogens is 258 g/mol. The normalized spacial score (nSPS) is 16.2. The molecule has 1 unspecified atom stereocenters. The Labute approximate surface area is 118 Å². The number of hydrogen-bond donors (Lipinski definition) is 1. The van der Waals surface area contributed by atoms with Crippen molar-refractivity contribution in [2.45, 2.75) is 25.8 Å². The first kappa shape index (κ1) is 14.0. The van der Waals surface area contributed by atoms with Gasteiger partial charge in [0, 0.05) is 17.2 Å². The third kappa shape index (κ3) is 4.63. The van der Waals surface area contributed by atoms with Crippen molar-refractivity contribution in [1.82, 2.24) is 5.32 Å². The Bertz CT molecular complexity index is 445. The Morgan fingerprint density at radius 3 is 2.89 bits per heavy atom. The van der Waals surface area contributed by atoms with Gasteiger partial charge < -0.3 is 10.1 Å². The fourth-order valence-corrected chi connectivity index (χ4v) is 2.51. The van der Waals surface area contributed by atoms with E-state index in [4.69, 9.17) is 4.74 Å². The Morgan fingerprint density at radius 2 is 2.21 bits per heavy atom. The van der Waals surface area contributed by atoms with Crippen molar-refractivity contribution in [1.29, 1.82) is 0 Å². The van der Waals surface area contributed by atoms with Gasteiger partial charge in [0.05, 0.1) is 6.61 Å². The molecule has 0 aromatic heterocycles. The van der Waals surface area contributed by atoms with Gasteiger partial charge in [-0.15, -0.1) is 11.8 Å². The minimum absolute atomic E-state index is 0.104. The van der Waals surface area contributed by atoms with Crippen LogP contribution in [0.15, 0.2) is 41.5 Å². The quantitative estimate of drug-likeness (QED) is 0.899. The van der Waals surface area contributed by atoms with Gasteiger partial charge in [0.2, 0.25) is 0 Å². The summed E-state index contributed by atoms with van der Waals surface area (Å²) in [5.41, 5.74) is 1.30. The Hall–Kier alpha value is -1.42. The highest BCUT2D eigenvalue weighted by Crippen LogP contribution is 2.15. The molecule has 1 amide bonds.